The van der Waals surface area contributed by atoms with Crippen molar-refractivity contribution in [1.29, 1.82) is 0 Å². The topological polar surface area (TPSA) is 29.5 Å². The minimum atomic E-state index is -0.202. The summed E-state index contributed by atoms with van der Waals surface area (Å²) in [5.74, 6) is 1.15. The Balaban J connectivity index is 2.00. The predicted molar refractivity (Wildman–Crippen MR) is 83.4 cm³/mol. The second-order valence-corrected chi connectivity index (χ2v) is 7.78. The van der Waals surface area contributed by atoms with Crippen molar-refractivity contribution in [2.45, 2.75) is 51.4 Å². The summed E-state index contributed by atoms with van der Waals surface area (Å²) in [4.78, 5) is 0. The molecule has 1 aromatic carbocycles. The minimum absolute atomic E-state index is 0.0711. The molecule has 1 saturated carbocycles. The summed E-state index contributed by atoms with van der Waals surface area (Å²) in [6.07, 6.45) is 1.89. The molecule has 110 valence electrons. The summed E-state index contributed by atoms with van der Waals surface area (Å²) in [6, 6.07) is 8.30. The minimum Gasteiger partial charge on any atom is -0.393 e. The summed E-state index contributed by atoms with van der Waals surface area (Å²) in [7, 11) is 0. The van der Waals surface area contributed by atoms with Crippen molar-refractivity contribution >= 4 is 15.9 Å². The van der Waals surface area contributed by atoms with Crippen molar-refractivity contribution in [2.24, 2.45) is 17.8 Å². The van der Waals surface area contributed by atoms with E-state index in [-0.39, 0.29) is 17.8 Å². The van der Waals surface area contributed by atoms with Gasteiger partial charge in [-0.3, -0.25) is 0 Å². The number of hydrogen-bond donors (Lipinski definition) is 1. The maximum Gasteiger partial charge on any atom is 0.0874 e. The molecule has 5 atom stereocenters. The fraction of sp³-hybridized carbons (Fsp3) is 0.647. The molecule has 0 spiro atoms. The van der Waals surface area contributed by atoms with E-state index in [2.05, 4.69) is 54.9 Å². The molecule has 1 aromatic rings. The summed E-state index contributed by atoms with van der Waals surface area (Å²) >= 11 is 3.65. The molecule has 0 unspecified atom stereocenters. The molecule has 3 heteroatoms. The highest BCUT2D eigenvalue weighted by atomic mass is 79.9. The van der Waals surface area contributed by atoms with Gasteiger partial charge >= 0.3 is 0 Å². The van der Waals surface area contributed by atoms with E-state index in [9.17, 15) is 5.11 Å². The molecular weight excluding hydrogens is 316 g/mol. The molecular formula is C17H23BrO2. The second-order valence-electron chi connectivity index (χ2n) is 6.92. The van der Waals surface area contributed by atoms with Gasteiger partial charge < -0.3 is 9.84 Å². The van der Waals surface area contributed by atoms with Gasteiger partial charge in [-0.1, -0.05) is 41.1 Å². The third-order valence-corrected chi connectivity index (χ3v) is 6.10. The summed E-state index contributed by atoms with van der Waals surface area (Å²) < 4.78 is 7.59. The first kappa shape index (κ1) is 14.6. The van der Waals surface area contributed by atoms with Crippen molar-refractivity contribution < 1.29 is 9.84 Å². The van der Waals surface area contributed by atoms with Crippen molar-refractivity contribution in [3.63, 3.8) is 0 Å². The molecule has 0 radical (unpaired) electrons. The predicted octanol–water partition coefficient (Wildman–Crippen LogP) is 4.32. The highest BCUT2D eigenvalue weighted by Crippen LogP contribution is 2.53. The Morgan fingerprint density at radius 1 is 1.25 bits per heavy atom. The van der Waals surface area contributed by atoms with Crippen LogP contribution in [0.25, 0.3) is 0 Å². The van der Waals surface area contributed by atoms with E-state index in [1.807, 2.05) is 6.07 Å². The number of fused-ring (bicyclic) bond motifs is 2. The van der Waals surface area contributed by atoms with Crippen LogP contribution in [0.4, 0.5) is 0 Å². The van der Waals surface area contributed by atoms with Crippen LogP contribution in [-0.2, 0) is 4.74 Å². The monoisotopic (exact) mass is 338 g/mol. The highest BCUT2D eigenvalue weighted by molar-refractivity contribution is 9.10. The number of benzene rings is 1. The lowest BCUT2D eigenvalue weighted by atomic mass is 9.63. The van der Waals surface area contributed by atoms with Crippen molar-refractivity contribution in [3.8, 4) is 0 Å². The number of aliphatic hydroxyl groups is 1. The molecule has 2 bridgehead atoms. The van der Waals surface area contributed by atoms with Crippen LogP contribution >= 0.6 is 15.9 Å². The van der Waals surface area contributed by atoms with Crippen LogP contribution < -0.4 is 0 Å². The molecule has 3 rings (SSSR count). The zero-order valence-electron chi connectivity index (χ0n) is 12.3. The summed E-state index contributed by atoms with van der Waals surface area (Å²) in [6.45, 7) is 6.50. The average Bonchev–Trinajstić information content (AvgIpc) is 2.39. The quantitative estimate of drug-likeness (QED) is 0.826. The first-order chi connectivity index (χ1) is 9.40. The van der Waals surface area contributed by atoms with Crippen LogP contribution in [0.5, 0.6) is 0 Å². The summed E-state index contributed by atoms with van der Waals surface area (Å²) in [5, 5.41) is 10.4. The van der Waals surface area contributed by atoms with Gasteiger partial charge in [0.15, 0.2) is 0 Å². The molecule has 2 fully saturated rings. The van der Waals surface area contributed by atoms with Crippen LogP contribution in [0.2, 0.25) is 0 Å². The van der Waals surface area contributed by atoms with Crippen molar-refractivity contribution in [3.05, 3.63) is 34.3 Å². The Morgan fingerprint density at radius 3 is 2.65 bits per heavy atom. The third kappa shape index (κ3) is 2.34. The van der Waals surface area contributed by atoms with Crippen LogP contribution in [0, 0.1) is 17.8 Å². The van der Waals surface area contributed by atoms with Crippen LogP contribution in [-0.4, -0.2) is 16.8 Å². The van der Waals surface area contributed by atoms with E-state index in [1.54, 1.807) is 0 Å². The number of halogens is 1. The van der Waals surface area contributed by atoms with Crippen LogP contribution in [0.15, 0.2) is 28.7 Å². The van der Waals surface area contributed by atoms with E-state index in [0.717, 1.165) is 17.3 Å². The van der Waals surface area contributed by atoms with E-state index in [4.69, 9.17) is 4.74 Å². The van der Waals surface area contributed by atoms with Gasteiger partial charge in [-0.25, -0.2) is 0 Å². The fourth-order valence-corrected chi connectivity index (χ4v) is 4.42. The Hall–Kier alpha value is -0.380. The number of ether oxygens (including phenoxy) is 1. The smallest absolute Gasteiger partial charge is 0.0874 e. The number of rotatable bonds is 1. The molecule has 0 aromatic heterocycles. The fourth-order valence-electron chi connectivity index (χ4n) is 3.91. The molecule has 1 aliphatic heterocycles. The Bertz CT molecular complexity index is 500. The van der Waals surface area contributed by atoms with Crippen molar-refractivity contribution in [1.82, 2.24) is 0 Å². The largest absolute Gasteiger partial charge is 0.393 e. The van der Waals surface area contributed by atoms with Crippen molar-refractivity contribution in [2.75, 3.05) is 0 Å². The average molecular weight is 339 g/mol. The molecule has 1 saturated heterocycles. The first-order valence-corrected chi connectivity index (χ1v) is 8.30. The van der Waals surface area contributed by atoms with Gasteiger partial charge in [0.1, 0.15) is 0 Å². The lowest BCUT2D eigenvalue weighted by Gasteiger charge is -2.53. The van der Waals surface area contributed by atoms with Gasteiger partial charge in [0.25, 0.3) is 0 Å². The van der Waals surface area contributed by atoms with E-state index >= 15 is 0 Å². The highest BCUT2D eigenvalue weighted by Gasteiger charge is 2.50. The number of hydrogen-bond acceptors (Lipinski definition) is 2. The maximum atomic E-state index is 10.4. The summed E-state index contributed by atoms with van der Waals surface area (Å²) in [5.41, 5.74) is 1.04. The standard InChI is InChI=1S/C17H23BrO2/c1-10-13-8-11(9-15(10)19)17(2,3)20-16(13)12-6-4-5-7-14(12)18/h4-7,10-11,13,15-16,19H,8-9H2,1-3H3/t10-,11-,13+,15-,16-/m0/s1. The van der Waals surface area contributed by atoms with Gasteiger partial charge in [0, 0.05) is 4.47 Å². The Kier molecular flexibility index (Phi) is 3.72. The van der Waals surface area contributed by atoms with Crippen LogP contribution in [0.3, 0.4) is 0 Å². The lowest BCUT2D eigenvalue weighted by molar-refractivity contribution is -0.215. The molecule has 20 heavy (non-hydrogen) atoms. The molecule has 2 nitrogen and oxygen atoms in total. The number of aliphatic hydroxyl groups excluding tert-OH is 1. The molecule has 1 aliphatic carbocycles. The third-order valence-electron chi connectivity index (χ3n) is 5.38. The van der Waals surface area contributed by atoms with Gasteiger partial charge in [-0.15, -0.1) is 0 Å². The SMILES string of the molecule is C[C@H]1[C@H]2C[C@@H](C[C@@H]1O)C(C)(C)O[C@H]2c1ccccc1Br. The van der Waals surface area contributed by atoms with Gasteiger partial charge in [0.2, 0.25) is 0 Å². The first-order valence-electron chi connectivity index (χ1n) is 7.50. The van der Waals surface area contributed by atoms with Crippen LogP contribution in [0.1, 0.15) is 45.3 Å². The van der Waals surface area contributed by atoms with E-state index in [1.165, 1.54) is 5.56 Å². The molecule has 0 amide bonds. The Labute approximate surface area is 129 Å². The van der Waals surface area contributed by atoms with Gasteiger partial charge in [0.05, 0.1) is 17.8 Å². The lowest BCUT2D eigenvalue weighted by Crippen LogP contribution is -2.52. The Morgan fingerprint density at radius 2 is 1.95 bits per heavy atom. The van der Waals surface area contributed by atoms with E-state index < -0.39 is 0 Å². The normalized spacial score (nSPS) is 39.5. The second kappa shape index (κ2) is 5.11. The molecule has 2 aliphatic rings. The zero-order valence-corrected chi connectivity index (χ0v) is 13.9. The van der Waals surface area contributed by atoms with E-state index in [0.29, 0.717) is 17.8 Å². The van der Waals surface area contributed by atoms with Gasteiger partial charge in [-0.2, -0.15) is 0 Å². The molecule has 1 heterocycles. The van der Waals surface area contributed by atoms with Gasteiger partial charge in [-0.05, 0) is 56.1 Å². The zero-order chi connectivity index (χ0) is 14.5. The molecule has 1 N–H and O–H groups in total. The maximum absolute atomic E-state index is 10.4.